The molecule has 1 aromatic carbocycles. The van der Waals surface area contributed by atoms with Crippen LogP contribution in [-0.2, 0) is 0 Å². The van der Waals surface area contributed by atoms with Crippen molar-refractivity contribution in [2.24, 2.45) is 0 Å². The highest BCUT2D eigenvalue weighted by molar-refractivity contribution is 7.19. The van der Waals surface area contributed by atoms with Gasteiger partial charge in [-0.25, -0.2) is 4.79 Å². The van der Waals surface area contributed by atoms with Gasteiger partial charge >= 0.3 is 11.6 Å². The van der Waals surface area contributed by atoms with E-state index in [2.05, 4.69) is 5.32 Å². The second kappa shape index (κ2) is 5.11. The number of amides is 1. The van der Waals surface area contributed by atoms with Crippen LogP contribution in [0.3, 0.4) is 0 Å². The Morgan fingerprint density at radius 2 is 2.00 bits per heavy atom. The summed E-state index contributed by atoms with van der Waals surface area (Å²) in [4.78, 5) is 23.0. The average molecular weight is 305 g/mol. The fourth-order valence-corrected chi connectivity index (χ4v) is 2.36. The predicted molar refractivity (Wildman–Crippen MR) is 70.2 cm³/mol. The van der Waals surface area contributed by atoms with Crippen molar-refractivity contribution in [3.63, 3.8) is 0 Å². The van der Waals surface area contributed by atoms with E-state index in [0.29, 0.717) is 14.7 Å². The van der Waals surface area contributed by atoms with E-state index in [1.54, 1.807) is 0 Å². The maximum atomic E-state index is 11.7. The van der Waals surface area contributed by atoms with Crippen LogP contribution in [0.4, 0.5) is 10.5 Å². The molecule has 5 nitrogen and oxygen atoms in total. The van der Waals surface area contributed by atoms with Crippen molar-refractivity contribution in [2.45, 2.75) is 0 Å². The summed E-state index contributed by atoms with van der Waals surface area (Å²) in [7, 11) is -1.77. The minimum atomic E-state index is -1.77. The molecule has 0 aliphatic carbocycles. The summed E-state index contributed by atoms with van der Waals surface area (Å²) in [6, 6.07) is 4.73. The van der Waals surface area contributed by atoms with E-state index in [0.717, 1.165) is 11.4 Å². The molecule has 0 saturated heterocycles. The standard InChI is InChI=1S/C10H6Cl2N2O3S/c11-7-2-1-6(5-8(7)12)13-10(16)14-9(15)3-4-18(14)17/h1-5H,(H,13,16). The molecule has 0 bridgehead atoms. The third-order valence-corrected chi connectivity index (χ3v) is 3.88. The number of anilines is 1. The zero-order valence-electron chi connectivity index (χ0n) is 8.72. The zero-order valence-corrected chi connectivity index (χ0v) is 11.1. The number of hydrogen-bond donors (Lipinski definition) is 1. The molecule has 2 aromatic rings. The molecule has 1 heterocycles. The largest absolute Gasteiger partial charge is 0.570 e. The van der Waals surface area contributed by atoms with Gasteiger partial charge in [-0.2, -0.15) is 0 Å². The Kier molecular flexibility index (Phi) is 3.72. The number of benzene rings is 1. The lowest BCUT2D eigenvalue weighted by atomic mass is 10.3. The molecule has 1 amide bonds. The van der Waals surface area contributed by atoms with E-state index < -0.39 is 22.5 Å². The Balaban J connectivity index is 2.27. The van der Waals surface area contributed by atoms with E-state index in [1.165, 1.54) is 18.2 Å². The van der Waals surface area contributed by atoms with Crippen molar-refractivity contribution in [2.75, 3.05) is 5.32 Å². The first-order valence-corrected chi connectivity index (χ1v) is 6.60. The molecule has 0 aliphatic heterocycles. The molecule has 8 heteroatoms. The maximum Gasteiger partial charge on any atom is 0.374 e. The van der Waals surface area contributed by atoms with Gasteiger partial charge in [-0.15, -0.1) is 0 Å². The lowest BCUT2D eigenvalue weighted by Crippen LogP contribution is -2.27. The number of carbonyl (C=O) groups excluding carboxylic acids is 1. The van der Waals surface area contributed by atoms with E-state index in [1.807, 2.05) is 0 Å². The van der Waals surface area contributed by atoms with Crippen LogP contribution in [0, 0.1) is 0 Å². The van der Waals surface area contributed by atoms with Crippen LogP contribution in [-0.4, -0.2) is 14.5 Å². The Labute approximate surface area is 115 Å². The van der Waals surface area contributed by atoms with Gasteiger partial charge in [0.1, 0.15) is 0 Å². The van der Waals surface area contributed by atoms with Gasteiger partial charge in [-0.1, -0.05) is 27.2 Å². The second-order valence-electron chi connectivity index (χ2n) is 3.27. The third kappa shape index (κ3) is 2.56. The van der Waals surface area contributed by atoms with E-state index in [4.69, 9.17) is 23.2 Å². The summed E-state index contributed by atoms with van der Waals surface area (Å²) in [6.07, 6.45) is 0. The summed E-state index contributed by atoms with van der Waals surface area (Å²) in [6.45, 7) is 0. The Hall–Kier alpha value is -1.34. The van der Waals surface area contributed by atoms with Gasteiger partial charge < -0.3 is 9.87 Å². The van der Waals surface area contributed by atoms with Crippen LogP contribution in [0.1, 0.15) is 0 Å². The normalized spacial score (nSPS) is 11.4. The number of rotatable bonds is 1. The molecule has 1 unspecified atom stereocenters. The number of carbonyl (C=O) groups is 1. The molecule has 2 rings (SSSR count). The lowest BCUT2D eigenvalue weighted by molar-refractivity contribution is 0.254. The summed E-state index contributed by atoms with van der Waals surface area (Å²) < 4.78 is 12.0. The Bertz CT molecular complexity index is 665. The van der Waals surface area contributed by atoms with Crippen molar-refractivity contribution in [3.8, 4) is 0 Å². The van der Waals surface area contributed by atoms with Crippen molar-refractivity contribution in [1.82, 2.24) is 3.96 Å². The highest BCUT2D eigenvalue weighted by Gasteiger charge is 2.16. The monoisotopic (exact) mass is 304 g/mol. The van der Waals surface area contributed by atoms with Crippen LogP contribution < -0.4 is 10.9 Å². The molecule has 0 fully saturated rings. The highest BCUT2D eigenvalue weighted by Crippen LogP contribution is 2.25. The Morgan fingerprint density at radius 3 is 2.56 bits per heavy atom. The number of nitrogens with zero attached hydrogens (tertiary/aromatic N) is 1. The minimum absolute atomic E-state index is 0.265. The van der Waals surface area contributed by atoms with Gasteiger partial charge in [0.15, 0.2) is 5.38 Å². The Morgan fingerprint density at radius 1 is 1.28 bits per heavy atom. The molecule has 94 valence electrons. The van der Waals surface area contributed by atoms with Crippen molar-refractivity contribution < 1.29 is 9.35 Å². The van der Waals surface area contributed by atoms with Crippen LogP contribution in [0.5, 0.6) is 0 Å². The fraction of sp³-hybridized carbons (Fsp3) is 0. The highest BCUT2D eigenvalue weighted by atomic mass is 35.5. The molecule has 0 spiro atoms. The van der Waals surface area contributed by atoms with Crippen LogP contribution in [0.15, 0.2) is 34.4 Å². The predicted octanol–water partition coefficient (Wildman–Crippen LogP) is 2.96. The van der Waals surface area contributed by atoms with Gasteiger partial charge in [0.05, 0.1) is 27.1 Å². The van der Waals surface area contributed by atoms with Gasteiger partial charge in [-0.05, 0) is 18.2 Å². The average Bonchev–Trinajstić information content (AvgIpc) is 2.64. The maximum absolute atomic E-state index is 11.7. The van der Waals surface area contributed by atoms with Gasteiger partial charge in [0.25, 0.3) is 0 Å². The molecular weight excluding hydrogens is 299 g/mol. The van der Waals surface area contributed by atoms with Crippen molar-refractivity contribution in [3.05, 3.63) is 50.0 Å². The molecule has 0 saturated carbocycles. The van der Waals surface area contributed by atoms with E-state index >= 15 is 0 Å². The van der Waals surface area contributed by atoms with E-state index in [9.17, 15) is 14.1 Å². The van der Waals surface area contributed by atoms with Crippen LogP contribution in [0.25, 0.3) is 0 Å². The summed E-state index contributed by atoms with van der Waals surface area (Å²) in [5, 5.41) is 4.15. The molecule has 0 radical (unpaired) electrons. The SMILES string of the molecule is O=C(Nc1ccc(Cl)c(Cl)c1)n1c(=O)cc[s+]1[O-]. The molecule has 1 atom stereocenters. The second-order valence-corrected chi connectivity index (χ2v) is 5.27. The first-order chi connectivity index (χ1) is 8.49. The molecule has 0 aliphatic rings. The van der Waals surface area contributed by atoms with E-state index in [-0.39, 0.29) is 5.02 Å². The fourth-order valence-electron chi connectivity index (χ4n) is 1.26. The number of halogens is 2. The lowest BCUT2D eigenvalue weighted by Gasteiger charge is -2.05. The first-order valence-electron chi connectivity index (χ1n) is 4.68. The topological polar surface area (TPSA) is 74.2 Å². The minimum Gasteiger partial charge on any atom is -0.570 e. The molecule has 18 heavy (non-hydrogen) atoms. The zero-order chi connectivity index (χ0) is 13.3. The van der Waals surface area contributed by atoms with Gasteiger partial charge in [0, 0.05) is 5.69 Å². The van der Waals surface area contributed by atoms with Crippen molar-refractivity contribution in [1.29, 1.82) is 0 Å². The van der Waals surface area contributed by atoms with Crippen LogP contribution in [0.2, 0.25) is 10.0 Å². The molecular formula is C10H6Cl2N2O3S. The number of nitrogens with one attached hydrogen (secondary N) is 1. The molecule has 1 N–H and O–H groups in total. The quantitative estimate of drug-likeness (QED) is 0.823. The molecule has 1 aromatic heterocycles. The van der Waals surface area contributed by atoms with Crippen molar-refractivity contribution >= 4 is 45.9 Å². The summed E-state index contributed by atoms with van der Waals surface area (Å²) in [5.74, 6) is 0. The number of hydrogen-bond acceptors (Lipinski definition) is 3. The third-order valence-electron chi connectivity index (χ3n) is 2.06. The summed E-state index contributed by atoms with van der Waals surface area (Å²) in [5.41, 5.74) is -0.281. The number of aromatic nitrogens is 1. The smallest absolute Gasteiger partial charge is 0.374 e. The summed E-state index contributed by atoms with van der Waals surface area (Å²) >= 11 is 11.5. The van der Waals surface area contributed by atoms with Gasteiger partial charge in [-0.3, -0.25) is 4.79 Å². The van der Waals surface area contributed by atoms with Crippen LogP contribution >= 0.6 is 34.1 Å². The first kappa shape index (κ1) is 13.1. The van der Waals surface area contributed by atoms with Gasteiger partial charge in [0.2, 0.25) is 0 Å².